The van der Waals surface area contributed by atoms with Gasteiger partial charge in [0, 0.05) is 24.0 Å². The minimum Gasteiger partial charge on any atom is -0.334 e. The number of hydrogen-bond donors (Lipinski definition) is 0. The topological polar surface area (TPSA) is 20.3 Å². The first-order chi connectivity index (χ1) is 7.72. The average Bonchev–Trinajstić information content (AvgIpc) is 2.95. The van der Waals surface area contributed by atoms with E-state index in [9.17, 15) is 4.79 Å². The minimum atomic E-state index is 0.329. The third kappa shape index (κ3) is 2.01. The van der Waals surface area contributed by atoms with E-state index in [0.29, 0.717) is 11.8 Å². The zero-order chi connectivity index (χ0) is 11.1. The lowest BCUT2D eigenvalue weighted by molar-refractivity contribution is -0.132. The highest BCUT2D eigenvalue weighted by molar-refractivity contribution is 9.10. The first kappa shape index (κ1) is 10.3. The first-order valence-corrected chi connectivity index (χ1v) is 6.57. The molecule has 0 aromatic heterocycles. The molecule has 0 unspecified atom stereocenters. The van der Waals surface area contributed by atoms with Crippen molar-refractivity contribution < 1.29 is 4.79 Å². The van der Waals surface area contributed by atoms with Crippen LogP contribution >= 0.6 is 15.9 Å². The molecular formula is C13H14BrNO. The molecule has 1 saturated carbocycles. The third-order valence-electron chi connectivity index (χ3n) is 3.40. The fourth-order valence-corrected chi connectivity index (χ4v) is 2.65. The summed E-state index contributed by atoms with van der Waals surface area (Å²) in [6.45, 7) is 1.59. The fraction of sp³-hybridized carbons (Fsp3) is 0.462. The second-order valence-electron chi connectivity index (χ2n) is 4.81. The van der Waals surface area contributed by atoms with E-state index in [2.05, 4.69) is 28.1 Å². The third-order valence-corrected chi connectivity index (χ3v) is 3.90. The Hall–Kier alpha value is -0.830. The van der Waals surface area contributed by atoms with Gasteiger partial charge in [-0.3, -0.25) is 4.79 Å². The molecule has 3 rings (SSSR count). The molecule has 1 aromatic rings. The van der Waals surface area contributed by atoms with Crippen LogP contribution in [0, 0.1) is 5.92 Å². The monoisotopic (exact) mass is 279 g/mol. The smallest absolute Gasteiger partial charge is 0.223 e. The Balaban J connectivity index is 1.71. The van der Waals surface area contributed by atoms with Crippen LogP contribution in [0.4, 0.5) is 0 Å². The SMILES string of the molecule is O=C(CC1CC1)N1Cc2ccc(Br)cc2C1. The average molecular weight is 280 g/mol. The summed E-state index contributed by atoms with van der Waals surface area (Å²) in [5, 5.41) is 0. The van der Waals surface area contributed by atoms with Gasteiger partial charge in [0.05, 0.1) is 0 Å². The number of benzene rings is 1. The van der Waals surface area contributed by atoms with Gasteiger partial charge in [-0.2, -0.15) is 0 Å². The number of halogens is 1. The Morgan fingerprint density at radius 2 is 2.06 bits per heavy atom. The molecule has 0 N–H and O–H groups in total. The summed E-state index contributed by atoms with van der Waals surface area (Å²) in [4.78, 5) is 13.9. The highest BCUT2D eigenvalue weighted by Gasteiger charge is 2.29. The highest BCUT2D eigenvalue weighted by Crippen LogP contribution is 2.34. The Bertz CT molecular complexity index is 440. The number of nitrogens with zero attached hydrogens (tertiary/aromatic N) is 1. The summed E-state index contributed by atoms with van der Waals surface area (Å²) in [6.07, 6.45) is 3.26. The lowest BCUT2D eigenvalue weighted by Gasteiger charge is -2.14. The summed E-state index contributed by atoms with van der Waals surface area (Å²) in [7, 11) is 0. The second kappa shape index (κ2) is 3.88. The van der Waals surface area contributed by atoms with E-state index in [1.807, 2.05) is 11.0 Å². The van der Waals surface area contributed by atoms with Crippen molar-refractivity contribution in [3.63, 3.8) is 0 Å². The van der Waals surface area contributed by atoms with Crippen LogP contribution in [0.2, 0.25) is 0 Å². The maximum Gasteiger partial charge on any atom is 0.223 e. The predicted molar refractivity (Wildman–Crippen MR) is 65.7 cm³/mol. The number of amides is 1. The molecule has 0 atom stereocenters. The van der Waals surface area contributed by atoms with Crippen molar-refractivity contribution in [1.82, 2.24) is 4.90 Å². The molecule has 0 spiro atoms. The molecule has 2 nitrogen and oxygen atoms in total. The lowest BCUT2D eigenvalue weighted by Crippen LogP contribution is -2.25. The quantitative estimate of drug-likeness (QED) is 0.815. The standard InChI is InChI=1S/C13H14BrNO/c14-12-4-3-10-7-15(8-11(10)6-12)13(16)5-9-1-2-9/h3-4,6,9H,1-2,5,7-8H2. The van der Waals surface area contributed by atoms with Crippen LogP contribution in [0.5, 0.6) is 0 Å². The fourth-order valence-electron chi connectivity index (χ4n) is 2.24. The van der Waals surface area contributed by atoms with Crippen LogP contribution in [0.15, 0.2) is 22.7 Å². The summed E-state index contributed by atoms with van der Waals surface area (Å²) in [5.74, 6) is 1.01. The number of carbonyl (C=O) groups is 1. The van der Waals surface area contributed by atoms with Crippen molar-refractivity contribution in [2.75, 3.05) is 0 Å². The zero-order valence-corrected chi connectivity index (χ0v) is 10.7. The van der Waals surface area contributed by atoms with Crippen molar-refractivity contribution in [3.05, 3.63) is 33.8 Å². The van der Waals surface area contributed by atoms with Crippen molar-refractivity contribution in [1.29, 1.82) is 0 Å². The number of rotatable bonds is 2. The van der Waals surface area contributed by atoms with Crippen molar-refractivity contribution in [2.45, 2.75) is 32.4 Å². The number of hydrogen-bond acceptors (Lipinski definition) is 1. The molecule has 0 radical (unpaired) electrons. The highest BCUT2D eigenvalue weighted by atomic mass is 79.9. The number of fused-ring (bicyclic) bond motifs is 1. The summed E-state index contributed by atoms with van der Waals surface area (Å²) >= 11 is 3.47. The van der Waals surface area contributed by atoms with E-state index < -0.39 is 0 Å². The molecule has 1 aliphatic carbocycles. The van der Waals surface area contributed by atoms with Gasteiger partial charge in [0.25, 0.3) is 0 Å². The molecule has 3 heteroatoms. The van der Waals surface area contributed by atoms with Gasteiger partial charge in [-0.05, 0) is 42.0 Å². The largest absolute Gasteiger partial charge is 0.334 e. The van der Waals surface area contributed by atoms with Crippen LogP contribution in [0.25, 0.3) is 0 Å². The number of carbonyl (C=O) groups excluding carboxylic acids is 1. The molecule has 0 saturated heterocycles. The van der Waals surface area contributed by atoms with E-state index in [1.165, 1.54) is 24.0 Å². The Morgan fingerprint density at radius 1 is 1.31 bits per heavy atom. The molecule has 2 aliphatic rings. The summed E-state index contributed by atoms with van der Waals surface area (Å²) < 4.78 is 1.10. The van der Waals surface area contributed by atoms with Gasteiger partial charge in [0.2, 0.25) is 5.91 Å². The molecule has 84 valence electrons. The van der Waals surface area contributed by atoms with Crippen molar-refractivity contribution in [2.24, 2.45) is 5.92 Å². The minimum absolute atomic E-state index is 0.329. The van der Waals surface area contributed by atoms with E-state index in [4.69, 9.17) is 0 Å². The van der Waals surface area contributed by atoms with Gasteiger partial charge < -0.3 is 4.90 Å². The van der Waals surface area contributed by atoms with Gasteiger partial charge in [0.15, 0.2) is 0 Å². The van der Waals surface area contributed by atoms with E-state index in [1.54, 1.807) is 0 Å². The molecule has 1 heterocycles. The van der Waals surface area contributed by atoms with Crippen molar-refractivity contribution >= 4 is 21.8 Å². The summed E-state index contributed by atoms with van der Waals surface area (Å²) in [6, 6.07) is 6.29. The molecule has 1 fully saturated rings. The van der Waals surface area contributed by atoms with Gasteiger partial charge in [-0.15, -0.1) is 0 Å². The van der Waals surface area contributed by atoms with Gasteiger partial charge in [-0.1, -0.05) is 22.0 Å². The van der Waals surface area contributed by atoms with Crippen LogP contribution in [-0.4, -0.2) is 10.8 Å². The molecule has 1 aromatic carbocycles. The van der Waals surface area contributed by atoms with E-state index in [0.717, 1.165) is 24.0 Å². The summed E-state index contributed by atoms with van der Waals surface area (Å²) in [5.41, 5.74) is 2.59. The Kier molecular flexibility index (Phi) is 2.51. The normalized spacial score (nSPS) is 18.7. The molecule has 0 bridgehead atoms. The van der Waals surface area contributed by atoms with Crippen LogP contribution in [0.3, 0.4) is 0 Å². The van der Waals surface area contributed by atoms with Crippen LogP contribution in [0.1, 0.15) is 30.4 Å². The lowest BCUT2D eigenvalue weighted by atomic mass is 10.1. The van der Waals surface area contributed by atoms with E-state index >= 15 is 0 Å². The zero-order valence-electron chi connectivity index (χ0n) is 9.08. The van der Waals surface area contributed by atoms with Gasteiger partial charge in [0.1, 0.15) is 0 Å². The van der Waals surface area contributed by atoms with Crippen molar-refractivity contribution in [3.8, 4) is 0 Å². The van der Waals surface area contributed by atoms with E-state index in [-0.39, 0.29) is 0 Å². The van der Waals surface area contributed by atoms with Crippen LogP contribution < -0.4 is 0 Å². The molecule has 16 heavy (non-hydrogen) atoms. The molecular weight excluding hydrogens is 266 g/mol. The van der Waals surface area contributed by atoms with Gasteiger partial charge >= 0.3 is 0 Å². The van der Waals surface area contributed by atoms with Gasteiger partial charge in [-0.25, -0.2) is 0 Å². The predicted octanol–water partition coefficient (Wildman–Crippen LogP) is 3.09. The first-order valence-electron chi connectivity index (χ1n) is 5.77. The second-order valence-corrected chi connectivity index (χ2v) is 5.73. The maximum absolute atomic E-state index is 12.0. The molecule has 1 aliphatic heterocycles. The Morgan fingerprint density at radius 3 is 2.81 bits per heavy atom. The molecule has 1 amide bonds. The Labute approximate surface area is 104 Å². The maximum atomic E-state index is 12.0. The van der Waals surface area contributed by atoms with Crippen LogP contribution in [-0.2, 0) is 17.9 Å².